The minimum Gasteiger partial charge on any atom is -0.369 e. The third-order valence-electron chi connectivity index (χ3n) is 3.77. The SMILES string of the molecule is Fc1ccc(N2CC[C@H](NCc3ccc(Br)cc3)C2)cn1. The van der Waals surface area contributed by atoms with Crippen LogP contribution in [0.4, 0.5) is 10.1 Å². The molecule has 110 valence electrons. The minimum absolute atomic E-state index is 0.428. The number of hydrogen-bond acceptors (Lipinski definition) is 3. The Hall–Kier alpha value is -1.46. The van der Waals surface area contributed by atoms with E-state index in [1.807, 2.05) is 0 Å². The van der Waals surface area contributed by atoms with E-state index in [2.05, 4.69) is 55.4 Å². The summed E-state index contributed by atoms with van der Waals surface area (Å²) in [7, 11) is 0. The van der Waals surface area contributed by atoms with E-state index in [9.17, 15) is 4.39 Å². The zero-order valence-electron chi connectivity index (χ0n) is 11.6. The minimum atomic E-state index is -0.428. The Balaban J connectivity index is 1.52. The van der Waals surface area contributed by atoms with E-state index >= 15 is 0 Å². The summed E-state index contributed by atoms with van der Waals surface area (Å²) in [6.07, 6.45) is 2.69. The van der Waals surface area contributed by atoms with Gasteiger partial charge in [0.1, 0.15) is 0 Å². The number of pyridine rings is 1. The highest BCUT2D eigenvalue weighted by Crippen LogP contribution is 2.20. The lowest BCUT2D eigenvalue weighted by Gasteiger charge is -2.18. The van der Waals surface area contributed by atoms with Crippen LogP contribution in [0.2, 0.25) is 0 Å². The van der Waals surface area contributed by atoms with Crippen LogP contribution in [0.15, 0.2) is 47.1 Å². The molecule has 0 radical (unpaired) electrons. The molecule has 0 spiro atoms. The van der Waals surface area contributed by atoms with Crippen molar-refractivity contribution in [1.29, 1.82) is 0 Å². The van der Waals surface area contributed by atoms with Gasteiger partial charge in [0.05, 0.1) is 11.9 Å². The molecule has 2 heterocycles. The summed E-state index contributed by atoms with van der Waals surface area (Å²) in [5, 5.41) is 3.58. The van der Waals surface area contributed by atoms with Crippen LogP contribution in [0.5, 0.6) is 0 Å². The van der Waals surface area contributed by atoms with Crippen molar-refractivity contribution >= 4 is 21.6 Å². The number of nitrogens with zero attached hydrogens (tertiary/aromatic N) is 2. The first-order chi connectivity index (χ1) is 10.2. The van der Waals surface area contributed by atoms with E-state index in [4.69, 9.17) is 0 Å². The Morgan fingerprint density at radius 2 is 2.05 bits per heavy atom. The molecule has 1 fully saturated rings. The van der Waals surface area contributed by atoms with Gasteiger partial charge in [-0.2, -0.15) is 4.39 Å². The molecule has 1 aliphatic rings. The summed E-state index contributed by atoms with van der Waals surface area (Å²) < 4.78 is 13.9. The maximum atomic E-state index is 12.8. The van der Waals surface area contributed by atoms with Gasteiger partial charge in [0.15, 0.2) is 0 Å². The Kier molecular flexibility index (Phi) is 4.51. The number of halogens is 2. The molecule has 1 saturated heterocycles. The number of benzene rings is 1. The van der Waals surface area contributed by atoms with Crippen molar-refractivity contribution in [3.8, 4) is 0 Å². The van der Waals surface area contributed by atoms with E-state index in [0.29, 0.717) is 6.04 Å². The van der Waals surface area contributed by atoms with Crippen LogP contribution >= 0.6 is 15.9 Å². The number of nitrogens with one attached hydrogen (secondary N) is 1. The van der Waals surface area contributed by atoms with Gasteiger partial charge in [-0.3, -0.25) is 0 Å². The molecule has 0 amide bonds. The average Bonchev–Trinajstić information content (AvgIpc) is 2.96. The fourth-order valence-electron chi connectivity index (χ4n) is 2.58. The first-order valence-corrected chi connectivity index (χ1v) is 7.84. The van der Waals surface area contributed by atoms with E-state index < -0.39 is 5.95 Å². The summed E-state index contributed by atoms with van der Waals surface area (Å²) >= 11 is 3.44. The fourth-order valence-corrected chi connectivity index (χ4v) is 2.85. The Labute approximate surface area is 132 Å². The van der Waals surface area contributed by atoms with Gasteiger partial charge < -0.3 is 10.2 Å². The van der Waals surface area contributed by atoms with Crippen LogP contribution in [0, 0.1) is 5.95 Å². The van der Waals surface area contributed by atoms with Gasteiger partial charge in [-0.05, 0) is 36.2 Å². The molecule has 2 aromatic rings. The van der Waals surface area contributed by atoms with E-state index in [0.717, 1.165) is 36.2 Å². The van der Waals surface area contributed by atoms with Crippen molar-refractivity contribution in [3.05, 3.63) is 58.6 Å². The maximum absolute atomic E-state index is 12.8. The van der Waals surface area contributed by atoms with Crippen molar-refractivity contribution in [2.24, 2.45) is 0 Å². The molecule has 3 rings (SSSR count). The molecule has 1 atom stereocenters. The predicted molar refractivity (Wildman–Crippen MR) is 85.8 cm³/mol. The van der Waals surface area contributed by atoms with Crippen LogP contribution in [-0.4, -0.2) is 24.1 Å². The fraction of sp³-hybridized carbons (Fsp3) is 0.312. The maximum Gasteiger partial charge on any atom is 0.212 e. The lowest BCUT2D eigenvalue weighted by Crippen LogP contribution is -2.32. The van der Waals surface area contributed by atoms with Crippen molar-refractivity contribution in [2.45, 2.75) is 19.0 Å². The molecule has 0 saturated carbocycles. The second-order valence-electron chi connectivity index (χ2n) is 5.28. The van der Waals surface area contributed by atoms with Gasteiger partial charge >= 0.3 is 0 Å². The summed E-state index contributed by atoms with van der Waals surface area (Å²) in [5.74, 6) is -0.428. The zero-order valence-corrected chi connectivity index (χ0v) is 13.2. The summed E-state index contributed by atoms with van der Waals surface area (Å²) in [5.41, 5.74) is 2.27. The Bertz CT molecular complexity index is 585. The summed E-state index contributed by atoms with van der Waals surface area (Å²) in [6.45, 7) is 2.78. The lowest BCUT2D eigenvalue weighted by molar-refractivity contribution is 0.551. The van der Waals surface area contributed by atoms with Crippen LogP contribution in [0.3, 0.4) is 0 Å². The van der Waals surface area contributed by atoms with Crippen molar-refractivity contribution in [3.63, 3.8) is 0 Å². The molecule has 1 aromatic heterocycles. The van der Waals surface area contributed by atoms with Gasteiger partial charge in [-0.1, -0.05) is 28.1 Å². The average molecular weight is 350 g/mol. The molecule has 5 heteroatoms. The third-order valence-corrected chi connectivity index (χ3v) is 4.30. The number of anilines is 1. The second kappa shape index (κ2) is 6.54. The molecule has 21 heavy (non-hydrogen) atoms. The quantitative estimate of drug-likeness (QED) is 0.858. The van der Waals surface area contributed by atoms with Gasteiger partial charge in [-0.15, -0.1) is 0 Å². The van der Waals surface area contributed by atoms with Gasteiger partial charge in [0, 0.05) is 30.1 Å². The summed E-state index contributed by atoms with van der Waals surface area (Å²) in [4.78, 5) is 5.96. The van der Waals surface area contributed by atoms with Crippen LogP contribution < -0.4 is 10.2 Å². The largest absolute Gasteiger partial charge is 0.369 e. The predicted octanol–water partition coefficient (Wildman–Crippen LogP) is 3.35. The molecule has 1 aliphatic heterocycles. The number of rotatable bonds is 4. The van der Waals surface area contributed by atoms with Gasteiger partial charge in [0.2, 0.25) is 5.95 Å². The van der Waals surface area contributed by atoms with Crippen molar-refractivity contribution < 1.29 is 4.39 Å². The Morgan fingerprint density at radius 3 is 2.76 bits per heavy atom. The topological polar surface area (TPSA) is 28.2 Å². The lowest BCUT2D eigenvalue weighted by atomic mass is 10.2. The highest BCUT2D eigenvalue weighted by Gasteiger charge is 2.22. The molecule has 1 N–H and O–H groups in total. The highest BCUT2D eigenvalue weighted by atomic mass is 79.9. The zero-order chi connectivity index (χ0) is 14.7. The van der Waals surface area contributed by atoms with Crippen LogP contribution in [0.1, 0.15) is 12.0 Å². The molecule has 3 nitrogen and oxygen atoms in total. The van der Waals surface area contributed by atoms with Gasteiger partial charge in [-0.25, -0.2) is 4.98 Å². The first-order valence-electron chi connectivity index (χ1n) is 7.05. The molecule has 0 aliphatic carbocycles. The molecular formula is C16H17BrFN3. The highest BCUT2D eigenvalue weighted by molar-refractivity contribution is 9.10. The number of hydrogen-bond donors (Lipinski definition) is 1. The molecule has 0 unspecified atom stereocenters. The van der Waals surface area contributed by atoms with E-state index in [1.165, 1.54) is 11.6 Å². The van der Waals surface area contributed by atoms with Crippen molar-refractivity contribution in [1.82, 2.24) is 10.3 Å². The van der Waals surface area contributed by atoms with E-state index in [1.54, 1.807) is 12.3 Å². The molecule has 0 bridgehead atoms. The summed E-state index contributed by atoms with van der Waals surface area (Å²) in [6, 6.07) is 12.0. The number of aromatic nitrogens is 1. The van der Waals surface area contributed by atoms with Crippen LogP contribution in [0.25, 0.3) is 0 Å². The normalized spacial score (nSPS) is 18.2. The molecular weight excluding hydrogens is 333 g/mol. The standard InChI is InChI=1S/C16H17BrFN3/c17-13-3-1-12(2-4-13)9-19-14-7-8-21(11-14)15-5-6-16(18)20-10-15/h1-6,10,14,19H,7-9,11H2/t14-/m0/s1. The van der Waals surface area contributed by atoms with E-state index in [-0.39, 0.29) is 0 Å². The first kappa shape index (κ1) is 14.5. The second-order valence-corrected chi connectivity index (χ2v) is 6.19. The monoisotopic (exact) mass is 349 g/mol. The smallest absolute Gasteiger partial charge is 0.212 e. The van der Waals surface area contributed by atoms with Crippen LogP contribution in [-0.2, 0) is 6.54 Å². The third kappa shape index (κ3) is 3.80. The van der Waals surface area contributed by atoms with Gasteiger partial charge in [0.25, 0.3) is 0 Å². The van der Waals surface area contributed by atoms with Crippen molar-refractivity contribution in [2.75, 3.05) is 18.0 Å². The Morgan fingerprint density at radius 1 is 1.24 bits per heavy atom. The molecule has 1 aromatic carbocycles.